The van der Waals surface area contributed by atoms with E-state index in [2.05, 4.69) is 10.4 Å². The summed E-state index contributed by atoms with van der Waals surface area (Å²) in [4.78, 5) is 59.4. The molecule has 3 heterocycles. The molecule has 0 bridgehead atoms. The number of ether oxygens (including phenoxy) is 1. The Morgan fingerprint density at radius 3 is 2.72 bits per heavy atom. The van der Waals surface area contributed by atoms with Gasteiger partial charge in [-0.05, 0) is 11.8 Å². The molecule has 2 aliphatic rings. The van der Waals surface area contributed by atoms with Gasteiger partial charge in [0.2, 0.25) is 5.91 Å². The van der Waals surface area contributed by atoms with Crippen molar-refractivity contribution in [2.24, 2.45) is 5.92 Å². The molecule has 2 amide bonds. The topological polar surface area (TPSA) is 174 Å². The first kappa shape index (κ1) is 23.2. The third-order valence-corrected chi connectivity index (χ3v) is 6.39. The van der Waals surface area contributed by atoms with E-state index in [9.17, 15) is 34.4 Å². The van der Waals surface area contributed by atoms with Gasteiger partial charge >= 0.3 is 17.8 Å². The van der Waals surface area contributed by atoms with Crippen molar-refractivity contribution in [3.63, 3.8) is 0 Å². The molecule has 1 aromatic rings. The second-order valence-electron chi connectivity index (χ2n) is 7.42. The summed E-state index contributed by atoms with van der Waals surface area (Å²) < 4.78 is 6.23. The summed E-state index contributed by atoms with van der Waals surface area (Å²) in [5.41, 5.74) is 0.579. The average molecular weight is 467 g/mol. The number of carbonyl (C=O) groups is 4. The highest BCUT2D eigenvalue weighted by atomic mass is 32.2. The van der Waals surface area contributed by atoms with E-state index in [1.165, 1.54) is 29.4 Å². The van der Waals surface area contributed by atoms with Crippen LogP contribution in [0, 0.1) is 23.0 Å². The number of nitrogens with one attached hydrogen (secondary N) is 1. The maximum absolute atomic E-state index is 12.6. The summed E-state index contributed by atoms with van der Waals surface area (Å²) in [6, 6.07) is 0.386. The zero-order valence-electron chi connectivity index (χ0n) is 17.4. The fraction of sp³-hybridized carbons (Fsp3) is 0.500. The van der Waals surface area contributed by atoms with E-state index in [-0.39, 0.29) is 30.4 Å². The number of hydrogen-bond donors (Lipinski definition) is 2. The van der Waals surface area contributed by atoms with E-state index in [4.69, 9.17) is 4.74 Å². The Bertz CT molecular complexity index is 1030. The van der Waals surface area contributed by atoms with Crippen molar-refractivity contribution >= 4 is 41.3 Å². The van der Waals surface area contributed by atoms with Gasteiger partial charge in [-0.15, -0.1) is 11.8 Å². The number of carbonyl (C=O) groups excluding carboxylic acids is 3. The first-order chi connectivity index (χ1) is 15.0. The first-order valence-corrected chi connectivity index (χ1v) is 10.6. The zero-order chi connectivity index (χ0) is 23.7. The highest BCUT2D eigenvalue weighted by Gasteiger charge is 2.54. The Morgan fingerprint density at radius 1 is 1.47 bits per heavy atom. The number of hydrogen-bond acceptors (Lipinski definition) is 9. The maximum atomic E-state index is 12.6. The molecule has 0 radical (unpaired) electrons. The van der Waals surface area contributed by atoms with Gasteiger partial charge in [-0.3, -0.25) is 19.3 Å². The van der Waals surface area contributed by atoms with Crippen molar-refractivity contribution < 1.29 is 33.9 Å². The largest absolute Gasteiger partial charge is 0.477 e. The fourth-order valence-electron chi connectivity index (χ4n) is 3.39. The van der Waals surface area contributed by atoms with E-state index in [1.54, 1.807) is 13.8 Å². The molecule has 3 atom stereocenters. The van der Waals surface area contributed by atoms with Crippen LogP contribution < -0.4 is 5.32 Å². The smallest absolute Gasteiger partial charge is 0.390 e. The lowest BCUT2D eigenvalue weighted by atomic mass is 10.0. The highest BCUT2D eigenvalue weighted by molar-refractivity contribution is 8.00. The molecular weight excluding hydrogens is 446 g/mol. The van der Waals surface area contributed by atoms with Crippen molar-refractivity contribution in [3.8, 4) is 0 Å². The number of carboxylic acids is 1. The average Bonchev–Trinajstić information content (AvgIpc) is 3.09. The van der Waals surface area contributed by atoms with Crippen LogP contribution >= 0.6 is 11.8 Å². The predicted octanol–water partition coefficient (Wildman–Crippen LogP) is 0.0375. The van der Waals surface area contributed by atoms with Crippen molar-refractivity contribution in [2.75, 3.05) is 12.4 Å². The Balaban J connectivity index is 1.67. The molecule has 0 aromatic carbocycles. The minimum absolute atomic E-state index is 0.0702. The third-order valence-electron chi connectivity index (χ3n) is 5.05. The van der Waals surface area contributed by atoms with E-state index in [0.29, 0.717) is 11.3 Å². The minimum Gasteiger partial charge on any atom is -0.477 e. The maximum Gasteiger partial charge on any atom is 0.390 e. The highest BCUT2D eigenvalue weighted by Crippen LogP contribution is 2.40. The van der Waals surface area contributed by atoms with E-state index in [1.807, 2.05) is 0 Å². The molecule has 2 aliphatic heterocycles. The third kappa shape index (κ3) is 4.44. The van der Waals surface area contributed by atoms with Crippen LogP contribution in [0.15, 0.2) is 17.3 Å². The number of nitro groups is 1. The molecule has 32 heavy (non-hydrogen) atoms. The van der Waals surface area contributed by atoms with E-state index < -0.39 is 46.0 Å². The molecule has 172 valence electrons. The van der Waals surface area contributed by atoms with Gasteiger partial charge in [0, 0.05) is 18.2 Å². The second kappa shape index (κ2) is 8.98. The van der Waals surface area contributed by atoms with Crippen LogP contribution in [0.4, 0.5) is 5.82 Å². The molecule has 13 nitrogen and oxygen atoms in total. The van der Waals surface area contributed by atoms with E-state index in [0.717, 1.165) is 4.90 Å². The van der Waals surface area contributed by atoms with Gasteiger partial charge in [0.25, 0.3) is 5.91 Å². The molecule has 0 unspecified atom stereocenters. The Morgan fingerprint density at radius 2 is 2.16 bits per heavy atom. The Hall–Kier alpha value is -3.42. The number of amides is 2. The molecule has 1 saturated heterocycles. The lowest BCUT2D eigenvalue weighted by Gasteiger charge is -2.49. The summed E-state index contributed by atoms with van der Waals surface area (Å²) in [5, 5.41) is 26.3. The number of carboxylic acid groups (broad SMARTS) is 1. The molecule has 3 rings (SSSR count). The molecule has 2 N–H and O–H groups in total. The van der Waals surface area contributed by atoms with Crippen LogP contribution in [0.25, 0.3) is 0 Å². The fourth-order valence-corrected chi connectivity index (χ4v) is 4.72. The number of rotatable bonds is 8. The molecule has 1 aromatic heterocycles. The molecule has 0 saturated carbocycles. The van der Waals surface area contributed by atoms with Gasteiger partial charge in [-0.25, -0.2) is 4.79 Å². The number of thioether (sulfide) groups is 1. The van der Waals surface area contributed by atoms with Crippen molar-refractivity contribution in [2.45, 2.75) is 38.7 Å². The Kier molecular flexibility index (Phi) is 6.52. The standard InChI is InChI=1S/C18H21N5O8S/c1-8(5-21-9(2)4-12(20-21)23(29)30)15(25)19-13-16(26)22-14(18(27)28)11(6-31-10(3)24)7-32-17(13)22/h4,8,13,17H,5-7H2,1-3H3,(H,19,25)(H,27,28)/t8-,13+,17+/m0/s1. The van der Waals surface area contributed by atoms with Crippen molar-refractivity contribution in [3.05, 3.63) is 33.1 Å². The van der Waals surface area contributed by atoms with Crippen LogP contribution in [0.5, 0.6) is 0 Å². The van der Waals surface area contributed by atoms with Gasteiger partial charge in [0.05, 0.1) is 29.3 Å². The number of aryl methyl sites for hydroxylation is 1. The van der Waals surface area contributed by atoms with Crippen LogP contribution in [-0.2, 0) is 30.5 Å². The van der Waals surface area contributed by atoms with Crippen molar-refractivity contribution in [1.29, 1.82) is 0 Å². The number of β-lactam (4-membered cyclic amide) rings is 1. The lowest BCUT2D eigenvalue weighted by Crippen LogP contribution is -2.71. The number of nitrogens with zero attached hydrogens (tertiary/aromatic N) is 4. The van der Waals surface area contributed by atoms with E-state index >= 15 is 0 Å². The van der Waals surface area contributed by atoms with Crippen molar-refractivity contribution in [1.82, 2.24) is 20.0 Å². The second-order valence-corrected chi connectivity index (χ2v) is 8.52. The Labute approximate surface area is 185 Å². The number of fused-ring (bicyclic) bond motifs is 1. The number of aliphatic carboxylic acids is 1. The predicted molar refractivity (Wildman–Crippen MR) is 109 cm³/mol. The SMILES string of the molecule is CC(=O)OCC1=C(C(=O)O)N2C(=O)[C@@H](NC(=O)[C@@H](C)Cn3nc([N+](=O)[O-])cc3C)[C@H]2SC1. The van der Waals surface area contributed by atoms with Crippen LogP contribution in [0.1, 0.15) is 19.5 Å². The van der Waals surface area contributed by atoms with Crippen LogP contribution in [-0.4, -0.2) is 72.2 Å². The summed E-state index contributed by atoms with van der Waals surface area (Å²) in [6.45, 7) is 4.26. The molecular formula is C18H21N5O8S. The zero-order valence-corrected chi connectivity index (χ0v) is 18.2. The first-order valence-electron chi connectivity index (χ1n) is 9.53. The van der Waals surface area contributed by atoms with Gasteiger partial charge in [-0.1, -0.05) is 6.92 Å². The van der Waals surface area contributed by atoms with Crippen LogP contribution in [0.3, 0.4) is 0 Å². The van der Waals surface area contributed by atoms with Gasteiger partial charge in [-0.2, -0.15) is 4.68 Å². The monoisotopic (exact) mass is 467 g/mol. The lowest BCUT2D eigenvalue weighted by molar-refractivity contribution is -0.389. The normalized spacial score (nSPS) is 20.8. The summed E-state index contributed by atoms with van der Waals surface area (Å²) in [5.74, 6) is -3.68. The summed E-state index contributed by atoms with van der Waals surface area (Å²) >= 11 is 1.26. The summed E-state index contributed by atoms with van der Waals surface area (Å²) in [7, 11) is 0. The molecule has 0 aliphatic carbocycles. The van der Waals surface area contributed by atoms with Gasteiger partial charge in [0.15, 0.2) is 0 Å². The number of esters is 1. The molecule has 1 fully saturated rings. The molecule has 0 spiro atoms. The van der Waals surface area contributed by atoms with Gasteiger partial charge in [0.1, 0.15) is 23.7 Å². The number of aromatic nitrogens is 2. The summed E-state index contributed by atoms with van der Waals surface area (Å²) in [6.07, 6.45) is 0. The molecule has 14 heteroatoms. The minimum atomic E-state index is -1.32. The van der Waals surface area contributed by atoms with Gasteiger partial charge < -0.3 is 25.3 Å². The van der Waals surface area contributed by atoms with Crippen LogP contribution in [0.2, 0.25) is 0 Å². The quantitative estimate of drug-likeness (QED) is 0.230.